The lowest BCUT2D eigenvalue weighted by Gasteiger charge is -2.00. The van der Waals surface area contributed by atoms with E-state index in [0.29, 0.717) is 13.0 Å². The standard InChI is InChI=1S/C11H14N2O3/c1-9(12-7-2-8-14)10-3-5-11(6-4-10)13(15)16/h3-6,14H,2,7-8H2,1H3. The number of aliphatic hydroxyl groups is 1. The molecule has 0 saturated carbocycles. The Bertz CT molecular complexity index is 385. The first-order valence-electron chi connectivity index (χ1n) is 5.02. The zero-order valence-electron chi connectivity index (χ0n) is 9.09. The zero-order valence-corrected chi connectivity index (χ0v) is 9.09. The maximum absolute atomic E-state index is 10.4. The van der Waals surface area contributed by atoms with Gasteiger partial charge in [0, 0.05) is 31.0 Å². The maximum Gasteiger partial charge on any atom is 0.269 e. The highest BCUT2D eigenvalue weighted by Gasteiger charge is 2.04. The van der Waals surface area contributed by atoms with Gasteiger partial charge in [-0.05, 0) is 31.0 Å². The number of aliphatic hydroxyl groups excluding tert-OH is 1. The van der Waals surface area contributed by atoms with E-state index in [-0.39, 0.29) is 12.3 Å². The molecule has 0 aliphatic rings. The highest BCUT2D eigenvalue weighted by molar-refractivity contribution is 5.98. The summed E-state index contributed by atoms with van der Waals surface area (Å²) >= 11 is 0. The minimum absolute atomic E-state index is 0.0758. The van der Waals surface area contributed by atoms with Crippen molar-refractivity contribution < 1.29 is 10.0 Å². The van der Waals surface area contributed by atoms with Crippen LogP contribution in [0, 0.1) is 10.1 Å². The summed E-state index contributed by atoms with van der Waals surface area (Å²) in [5.74, 6) is 0. The molecular formula is C11H14N2O3. The van der Waals surface area contributed by atoms with Gasteiger partial charge in [0.05, 0.1) is 4.92 Å². The fraction of sp³-hybridized carbons (Fsp3) is 0.364. The Morgan fingerprint density at radius 3 is 2.56 bits per heavy atom. The van der Waals surface area contributed by atoms with Crippen LogP contribution in [0.15, 0.2) is 29.3 Å². The van der Waals surface area contributed by atoms with Crippen LogP contribution in [-0.2, 0) is 0 Å². The van der Waals surface area contributed by atoms with Gasteiger partial charge in [-0.25, -0.2) is 0 Å². The molecule has 1 rings (SSSR count). The Morgan fingerprint density at radius 2 is 2.06 bits per heavy atom. The van der Waals surface area contributed by atoms with Gasteiger partial charge in [-0.3, -0.25) is 15.1 Å². The van der Waals surface area contributed by atoms with Gasteiger partial charge >= 0.3 is 0 Å². The summed E-state index contributed by atoms with van der Waals surface area (Å²) in [6, 6.07) is 6.27. The Labute approximate surface area is 93.6 Å². The van der Waals surface area contributed by atoms with Crippen molar-refractivity contribution in [2.75, 3.05) is 13.2 Å². The van der Waals surface area contributed by atoms with E-state index in [1.54, 1.807) is 12.1 Å². The lowest BCUT2D eigenvalue weighted by molar-refractivity contribution is -0.384. The van der Waals surface area contributed by atoms with Crippen molar-refractivity contribution >= 4 is 11.4 Å². The Hall–Kier alpha value is -1.75. The molecule has 0 saturated heterocycles. The second-order valence-corrected chi connectivity index (χ2v) is 3.35. The molecule has 0 spiro atoms. The Kier molecular flexibility index (Phi) is 4.60. The van der Waals surface area contributed by atoms with Gasteiger partial charge in [0.15, 0.2) is 0 Å². The highest BCUT2D eigenvalue weighted by Crippen LogP contribution is 2.12. The molecule has 16 heavy (non-hydrogen) atoms. The van der Waals surface area contributed by atoms with Crippen molar-refractivity contribution in [1.29, 1.82) is 0 Å². The van der Waals surface area contributed by atoms with E-state index >= 15 is 0 Å². The summed E-state index contributed by atoms with van der Waals surface area (Å²) in [7, 11) is 0. The lowest BCUT2D eigenvalue weighted by atomic mass is 10.1. The van der Waals surface area contributed by atoms with Crippen molar-refractivity contribution in [1.82, 2.24) is 0 Å². The molecule has 0 heterocycles. The lowest BCUT2D eigenvalue weighted by Crippen LogP contribution is -1.98. The molecule has 0 aliphatic carbocycles. The van der Waals surface area contributed by atoms with Crippen LogP contribution in [-0.4, -0.2) is 28.9 Å². The minimum Gasteiger partial charge on any atom is -0.396 e. The average Bonchev–Trinajstić information content (AvgIpc) is 2.29. The van der Waals surface area contributed by atoms with Crippen molar-refractivity contribution in [3.8, 4) is 0 Å². The SMILES string of the molecule is CC(=NCCCO)c1ccc([N+](=O)[O-])cc1. The van der Waals surface area contributed by atoms with Crippen LogP contribution in [0.3, 0.4) is 0 Å². The molecule has 0 unspecified atom stereocenters. The molecule has 0 radical (unpaired) electrons. The fourth-order valence-corrected chi connectivity index (χ4v) is 1.23. The number of non-ortho nitro benzene ring substituents is 1. The van der Waals surface area contributed by atoms with Crippen molar-refractivity contribution in [2.24, 2.45) is 4.99 Å². The molecule has 5 nitrogen and oxygen atoms in total. The first-order valence-corrected chi connectivity index (χ1v) is 5.02. The normalized spacial score (nSPS) is 11.5. The first kappa shape index (κ1) is 12.3. The van der Waals surface area contributed by atoms with Gasteiger partial charge in [-0.1, -0.05) is 0 Å². The highest BCUT2D eigenvalue weighted by atomic mass is 16.6. The number of nitro benzene ring substituents is 1. The number of nitro groups is 1. The van der Waals surface area contributed by atoms with Gasteiger partial charge in [0.25, 0.3) is 5.69 Å². The molecule has 1 aromatic rings. The molecule has 5 heteroatoms. The molecule has 0 amide bonds. The monoisotopic (exact) mass is 222 g/mol. The molecule has 0 bridgehead atoms. The quantitative estimate of drug-likeness (QED) is 0.357. The van der Waals surface area contributed by atoms with Crippen LogP contribution in [0.1, 0.15) is 18.9 Å². The third kappa shape index (κ3) is 3.43. The molecule has 86 valence electrons. The van der Waals surface area contributed by atoms with E-state index in [4.69, 9.17) is 5.11 Å². The molecule has 0 fully saturated rings. The molecule has 0 aliphatic heterocycles. The predicted octanol–water partition coefficient (Wildman–Crippen LogP) is 1.79. The Morgan fingerprint density at radius 1 is 1.44 bits per heavy atom. The second kappa shape index (κ2) is 5.97. The van der Waals surface area contributed by atoms with E-state index in [1.807, 2.05) is 6.92 Å². The third-order valence-electron chi connectivity index (χ3n) is 2.16. The topological polar surface area (TPSA) is 75.7 Å². The molecule has 1 N–H and O–H groups in total. The van der Waals surface area contributed by atoms with Crippen molar-refractivity contribution in [2.45, 2.75) is 13.3 Å². The van der Waals surface area contributed by atoms with E-state index in [9.17, 15) is 10.1 Å². The van der Waals surface area contributed by atoms with Crippen LogP contribution in [0.2, 0.25) is 0 Å². The number of rotatable bonds is 5. The molecule has 0 atom stereocenters. The summed E-state index contributed by atoms with van der Waals surface area (Å²) in [5.41, 5.74) is 1.76. The smallest absolute Gasteiger partial charge is 0.269 e. The van der Waals surface area contributed by atoms with Gasteiger partial charge in [-0.2, -0.15) is 0 Å². The minimum atomic E-state index is -0.429. The van der Waals surface area contributed by atoms with Crippen LogP contribution in [0.5, 0.6) is 0 Å². The molecule has 0 aromatic heterocycles. The van der Waals surface area contributed by atoms with Gasteiger partial charge in [0.2, 0.25) is 0 Å². The Balaban J connectivity index is 2.73. The second-order valence-electron chi connectivity index (χ2n) is 3.35. The van der Waals surface area contributed by atoms with Gasteiger partial charge < -0.3 is 5.11 Å². The number of benzene rings is 1. The van der Waals surface area contributed by atoms with E-state index < -0.39 is 4.92 Å². The number of hydrogen-bond acceptors (Lipinski definition) is 4. The van der Waals surface area contributed by atoms with Gasteiger partial charge in [0.1, 0.15) is 0 Å². The first-order chi connectivity index (χ1) is 7.65. The van der Waals surface area contributed by atoms with E-state index in [0.717, 1.165) is 11.3 Å². The van der Waals surface area contributed by atoms with E-state index in [2.05, 4.69) is 4.99 Å². The summed E-state index contributed by atoms with van der Waals surface area (Å²) < 4.78 is 0. The summed E-state index contributed by atoms with van der Waals surface area (Å²) in [6.07, 6.45) is 0.629. The predicted molar refractivity (Wildman–Crippen MR) is 61.9 cm³/mol. The largest absolute Gasteiger partial charge is 0.396 e. The number of hydrogen-bond donors (Lipinski definition) is 1. The molecule has 1 aromatic carbocycles. The van der Waals surface area contributed by atoms with Crippen LogP contribution < -0.4 is 0 Å². The third-order valence-corrected chi connectivity index (χ3v) is 2.16. The van der Waals surface area contributed by atoms with E-state index in [1.165, 1.54) is 12.1 Å². The maximum atomic E-state index is 10.4. The number of aliphatic imine (C=N–C) groups is 1. The van der Waals surface area contributed by atoms with Crippen molar-refractivity contribution in [3.63, 3.8) is 0 Å². The summed E-state index contributed by atoms with van der Waals surface area (Å²) in [6.45, 7) is 2.54. The van der Waals surface area contributed by atoms with Crippen molar-refractivity contribution in [3.05, 3.63) is 39.9 Å². The zero-order chi connectivity index (χ0) is 12.0. The van der Waals surface area contributed by atoms with Crippen LogP contribution >= 0.6 is 0 Å². The fourth-order valence-electron chi connectivity index (χ4n) is 1.23. The number of nitrogens with zero attached hydrogens (tertiary/aromatic N) is 2. The van der Waals surface area contributed by atoms with Crippen LogP contribution in [0.4, 0.5) is 5.69 Å². The molecular weight excluding hydrogens is 208 g/mol. The average molecular weight is 222 g/mol. The summed E-state index contributed by atoms with van der Waals surface area (Å²) in [4.78, 5) is 14.3. The summed E-state index contributed by atoms with van der Waals surface area (Å²) in [5, 5.41) is 19.0. The van der Waals surface area contributed by atoms with Gasteiger partial charge in [-0.15, -0.1) is 0 Å². The van der Waals surface area contributed by atoms with Crippen LogP contribution in [0.25, 0.3) is 0 Å².